The predicted octanol–water partition coefficient (Wildman–Crippen LogP) is 3.02. The molecular weight excluding hydrogens is 382 g/mol. The lowest BCUT2D eigenvalue weighted by atomic mass is 10.1. The summed E-state index contributed by atoms with van der Waals surface area (Å²) in [6, 6.07) is 18.2. The van der Waals surface area contributed by atoms with Crippen molar-refractivity contribution in [2.45, 2.75) is 25.9 Å². The fourth-order valence-electron chi connectivity index (χ4n) is 3.01. The monoisotopic (exact) mass is 407 g/mol. The molecule has 7 nitrogen and oxygen atoms in total. The Morgan fingerprint density at radius 2 is 1.73 bits per heavy atom. The van der Waals surface area contributed by atoms with Gasteiger partial charge in [0, 0.05) is 31.1 Å². The van der Waals surface area contributed by atoms with E-state index in [2.05, 4.69) is 10.4 Å². The zero-order valence-electron chi connectivity index (χ0n) is 17.1. The van der Waals surface area contributed by atoms with Crippen LogP contribution >= 0.6 is 0 Å². The molecule has 0 saturated heterocycles. The number of carbonyl (C=O) groups excluding carboxylic acids is 1. The van der Waals surface area contributed by atoms with E-state index >= 15 is 0 Å². The van der Waals surface area contributed by atoms with Crippen molar-refractivity contribution in [1.82, 2.24) is 15.1 Å². The van der Waals surface area contributed by atoms with Gasteiger partial charge in [-0.05, 0) is 42.3 Å². The second kappa shape index (κ2) is 10.2. The molecule has 0 aliphatic carbocycles. The molecule has 2 aromatic carbocycles. The Hall–Kier alpha value is -3.61. The third kappa shape index (κ3) is 5.70. The fraction of sp³-hybridized carbons (Fsp3) is 0.261. The number of amides is 1. The quantitative estimate of drug-likeness (QED) is 0.590. The first kappa shape index (κ1) is 21.1. The van der Waals surface area contributed by atoms with Crippen molar-refractivity contribution in [2.75, 3.05) is 14.2 Å². The van der Waals surface area contributed by atoms with Gasteiger partial charge in [-0.15, -0.1) is 0 Å². The topological polar surface area (TPSA) is 82.4 Å². The Kier molecular flexibility index (Phi) is 7.21. The van der Waals surface area contributed by atoms with E-state index in [0.29, 0.717) is 31.6 Å². The van der Waals surface area contributed by atoms with Crippen molar-refractivity contribution in [3.63, 3.8) is 0 Å². The molecular formula is C23H25N3O4. The highest BCUT2D eigenvalue weighted by Gasteiger charge is 2.07. The van der Waals surface area contributed by atoms with Crippen molar-refractivity contribution < 1.29 is 14.3 Å². The lowest BCUT2D eigenvalue weighted by Crippen LogP contribution is -2.25. The van der Waals surface area contributed by atoms with Crippen LogP contribution in [0.25, 0.3) is 11.3 Å². The molecule has 0 saturated carbocycles. The summed E-state index contributed by atoms with van der Waals surface area (Å²) in [7, 11) is 3.21. The summed E-state index contributed by atoms with van der Waals surface area (Å²) in [5.41, 5.74) is 2.31. The molecule has 0 bridgehead atoms. The summed E-state index contributed by atoms with van der Waals surface area (Å²) in [6.45, 7) is 0.794. The highest BCUT2D eigenvalue weighted by molar-refractivity contribution is 5.75. The molecule has 0 radical (unpaired) electrons. The average molecular weight is 407 g/mol. The number of aryl methyl sites for hydroxylation is 1. The number of rotatable bonds is 9. The molecule has 0 atom stereocenters. The Bertz CT molecular complexity index is 1060. The van der Waals surface area contributed by atoms with Crippen LogP contribution in [0.1, 0.15) is 18.4 Å². The van der Waals surface area contributed by atoms with Crippen molar-refractivity contribution in [3.05, 3.63) is 76.6 Å². The number of ether oxygens (including phenoxy) is 2. The number of nitrogens with zero attached hydrogens (tertiary/aromatic N) is 2. The largest absolute Gasteiger partial charge is 0.497 e. The van der Waals surface area contributed by atoms with Gasteiger partial charge >= 0.3 is 0 Å². The highest BCUT2D eigenvalue weighted by Crippen LogP contribution is 2.21. The third-order valence-electron chi connectivity index (χ3n) is 4.63. The number of methoxy groups -OCH3 is 2. The Labute approximate surface area is 175 Å². The van der Waals surface area contributed by atoms with Crippen molar-refractivity contribution in [3.8, 4) is 22.8 Å². The normalized spacial score (nSPS) is 10.5. The summed E-state index contributed by atoms with van der Waals surface area (Å²) < 4.78 is 11.8. The van der Waals surface area contributed by atoms with Crippen LogP contribution in [0.5, 0.6) is 11.5 Å². The number of aromatic nitrogens is 2. The van der Waals surface area contributed by atoms with E-state index in [1.165, 1.54) is 10.7 Å². The van der Waals surface area contributed by atoms with Gasteiger partial charge in [0.2, 0.25) is 5.91 Å². The van der Waals surface area contributed by atoms with Crippen LogP contribution < -0.4 is 20.3 Å². The molecule has 1 heterocycles. The van der Waals surface area contributed by atoms with Crippen LogP contribution in [-0.4, -0.2) is 29.9 Å². The maximum Gasteiger partial charge on any atom is 0.266 e. The highest BCUT2D eigenvalue weighted by atomic mass is 16.5. The molecule has 1 N–H and O–H groups in total. The molecule has 0 spiro atoms. The zero-order valence-corrected chi connectivity index (χ0v) is 17.1. The van der Waals surface area contributed by atoms with Gasteiger partial charge in [0.15, 0.2) is 0 Å². The van der Waals surface area contributed by atoms with Gasteiger partial charge in [-0.3, -0.25) is 9.59 Å². The summed E-state index contributed by atoms with van der Waals surface area (Å²) in [4.78, 5) is 24.3. The summed E-state index contributed by atoms with van der Waals surface area (Å²) in [6.07, 6.45) is 0.819. The van der Waals surface area contributed by atoms with E-state index in [1.54, 1.807) is 20.3 Å². The van der Waals surface area contributed by atoms with Crippen LogP contribution in [-0.2, 0) is 17.9 Å². The second-order valence-corrected chi connectivity index (χ2v) is 6.74. The van der Waals surface area contributed by atoms with Crippen molar-refractivity contribution >= 4 is 5.91 Å². The molecule has 0 aliphatic heterocycles. The van der Waals surface area contributed by atoms with Crippen LogP contribution in [0.15, 0.2) is 65.5 Å². The van der Waals surface area contributed by atoms with E-state index < -0.39 is 0 Å². The second-order valence-electron chi connectivity index (χ2n) is 6.74. The van der Waals surface area contributed by atoms with Gasteiger partial charge in [-0.25, -0.2) is 4.68 Å². The molecule has 30 heavy (non-hydrogen) atoms. The minimum atomic E-state index is -0.196. The number of hydrogen-bond donors (Lipinski definition) is 1. The first-order valence-electron chi connectivity index (χ1n) is 9.71. The molecule has 0 unspecified atom stereocenters. The van der Waals surface area contributed by atoms with Gasteiger partial charge in [-0.2, -0.15) is 5.10 Å². The van der Waals surface area contributed by atoms with Crippen LogP contribution in [0.4, 0.5) is 0 Å². The Balaban J connectivity index is 1.55. The van der Waals surface area contributed by atoms with E-state index in [4.69, 9.17) is 9.47 Å². The standard InChI is InChI=1S/C23H25N3O4/c1-29-19-8-3-6-17(14-19)16-24-22(27)10-5-13-26-23(28)12-11-21(25-26)18-7-4-9-20(15-18)30-2/h3-4,6-9,11-12,14-15H,5,10,13,16H2,1-2H3,(H,24,27). The van der Waals surface area contributed by atoms with Gasteiger partial charge in [0.05, 0.1) is 19.9 Å². The third-order valence-corrected chi connectivity index (χ3v) is 4.63. The lowest BCUT2D eigenvalue weighted by Gasteiger charge is -2.09. The Morgan fingerprint density at radius 1 is 1.00 bits per heavy atom. The minimum absolute atomic E-state index is 0.0742. The summed E-state index contributed by atoms with van der Waals surface area (Å²) >= 11 is 0. The van der Waals surface area contributed by atoms with Gasteiger partial charge in [0.25, 0.3) is 5.56 Å². The maximum absolute atomic E-state index is 12.1. The lowest BCUT2D eigenvalue weighted by molar-refractivity contribution is -0.121. The minimum Gasteiger partial charge on any atom is -0.497 e. The summed E-state index contributed by atoms with van der Waals surface area (Å²) in [5, 5.41) is 7.32. The van der Waals surface area contributed by atoms with Gasteiger partial charge in [-0.1, -0.05) is 24.3 Å². The maximum atomic E-state index is 12.1. The smallest absolute Gasteiger partial charge is 0.266 e. The van der Waals surface area contributed by atoms with E-state index in [9.17, 15) is 9.59 Å². The van der Waals surface area contributed by atoms with Crippen molar-refractivity contribution in [1.29, 1.82) is 0 Å². The van der Waals surface area contributed by atoms with Crippen LogP contribution in [0, 0.1) is 0 Å². The molecule has 3 rings (SSSR count). The van der Waals surface area contributed by atoms with E-state index in [0.717, 1.165) is 22.6 Å². The number of benzene rings is 2. The average Bonchev–Trinajstić information content (AvgIpc) is 2.79. The molecule has 0 fully saturated rings. The van der Waals surface area contributed by atoms with E-state index in [1.807, 2.05) is 48.5 Å². The molecule has 0 aliphatic rings. The van der Waals surface area contributed by atoms with E-state index in [-0.39, 0.29) is 11.5 Å². The molecule has 1 aromatic heterocycles. The molecule has 3 aromatic rings. The van der Waals surface area contributed by atoms with Crippen LogP contribution in [0.3, 0.4) is 0 Å². The van der Waals surface area contributed by atoms with Crippen molar-refractivity contribution in [2.24, 2.45) is 0 Å². The first-order valence-corrected chi connectivity index (χ1v) is 9.71. The Morgan fingerprint density at radius 3 is 2.50 bits per heavy atom. The van der Waals surface area contributed by atoms with Crippen LogP contribution in [0.2, 0.25) is 0 Å². The first-order chi connectivity index (χ1) is 14.6. The molecule has 7 heteroatoms. The fourth-order valence-corrected chi connectivity index (χ4v) is 3.01. The SMILES string of the molecule is COc1cccc(CNC(=O)CCCn2nc(-c3cccc(OC)c3)ccc2=O)c1. The molecule has 1 amide bonds. The molecule has 156 valence electrons. The predicted molar refractivity (Wildman–Crippen MR) is 115 cm³/mol. The number of carbonyl (C=O) groups is 1. The zero-order chi connectivity index (χ0) is 21.3. The summed E-state index contributed by atoms with van der Waals surface area (Å²) in [5.74, 6) is 1.40. The van der Waals surface area contributed by atoms with Gasteiger partial charge < -0.3 is 14.8 Å². The number of nitrogens with one attached hydrogen (secondary N) is 1. The van der Waals surface area contributed by atoms with Gasteiger partial charge in [0.1, 0.15) is 11.5 Å². The number of hydrogen-bond acceptors (Lipinski definition) is 5.